The van der Waals surface area contributed by atoms with Crippen LogP contribution >= 0.6 is 11.3 Å². The largest absolute Gasteiger partial charge is 0.350 e. The predicted octanol–water partition coefficient (Wildman–Crippen LogP) is 3.88. The molecule has 1 atom stereocenters. The van der Waals surface area contributed by atoms with E-state index >= 15 is 0 Å². The fourth-order valence-corrected chi connectivity index (χ4v) is 4.76. The van der Waals surface area contributed by atoms with Gasteiger partial charge in [-0.2, -0.15) is 5.10 Å². The minimum Gasteiger partial charge on any atom is -0.350 e. The third-order valence-corrected chi connectivity index (χ3v) is 6.88. The van der Waals surface area contributed by atoms with E-state index in [4.69, 9.17) is 0 Å². The Morgan fingerprint density at radius 3 is 2.71 bits per heavy atom. The van der Waals surface area contributed by atoms with Crippen molar-refractivity contribution in [3.8, 4) is 10.6 Å². The molecule has 1 aromatic carbocycles. The minimum absolute atomic E-state index is 0.203. The standard InChI is InChI=1S/C25H22FN5O2S/c1-25(24(33)28-14-17-6-8-19(26)9-7-17)16-31-21(12-20(29-31)22-5-3-11-34-22)23(32)30(25)15-18-4-2-10-27-13-18/h2-13H,14-16H2,1H3,(H,28,33)/t25-/m1/s1. The molecule has 1 aliphatic heterocycles. The van der Waals surface area contributed by atoms with Gasteiger partial charge in [0.05, 0.1) is 11.4 Å². The normalized spacial score (nSPS) is 17.5. The number of benzene rings is 1. The maximum Gasteiger partial charge on any atom is 0.273 e. The van der Waals surface area contributed by atoms with Gasteiger partial charge in [0.15, 0.2) is 0 Å². The number of carbonyl (C=O) groups is 2. The molecule has 9 heteroatoms. The Kier molecular flexibility index (Phi) is 5.70. The van der Waals surface area contributed by atoms with Gasteiger partial charge in [-0.05, 0) is 53.8 Å². The van der Waals surface area contributed by atoms with E-state index in [0.717, 1.165) is 16.0 Å². The van der Waals surface area contributed by atoms with Gasteiger partial charge in [-0.25, -0.2) is 4.39 Å². The summed E-state index contributed by atoms with van der Waals surface area (Å²) in [6.45, 7) is 2.40. The first-order valence-corrected chi connectivity index (χ1v) is 11.7. The average molecular weight is 476 g/mol. The monoisotopic (exact) mass is 475 g/mol. The summed E-state index contributed by atoms with van der Waals surface area (Å²) in [5, 5.41) is 9.51. The van der Waals surface area contributed by atoms with E-state index in [0.29, 0.717) is 11.4 Å². The molecule has 1 aliphatic rings. The second kappa shape index (κ2) is 8.83. The number of halogens is 1. The van der Waals surface area contributed by atoms with E-state index < -0.39 is 5.54 Å². The molecule has 34 heavy (non-hydrogen) atoms. The molecule has 1 N–H and O–H groups in total. The predicted molar refractivity (Wildman–Crippen MR) is 126 cm³/mol. The lowest BCUT2D eigenvalue weighted by Crippen LogP contribution is -2.63. The van der Waals surface area contributed by atoms with Crippen LogP contribution in [0.1, 0.15) is 28.5 Å². The van der Waals surface area contributed by atoms with Crippen LogP contribution in [0, 0.1) is 5.82 Å². The maximum absolute atomic E-state index is 13.7. The summed E-state index contributed by atoms with van der Waals surface area (Å²) in [5.74, 6) is -0.923. The van der Waals surface area contributed by atoms with Crippen LogP contribution in [0.4, 0.5) is 4.39 Å². The molecule has 3 aromatic heterocycles. The van der Waals surface area contributed by atoms with Gasteiger partial charge in [-0.1, -0.05) is 24.3 Å². The number of rotatable bonds is 6. The first-order valence-electron chi connectivity index (χ1n) is 10.8. The van der Waals surface area contributed by atoms with Crippen molar-refractivity contribution in [2.45, 2.75) is 32.1 Å². The molecule has 4 aromatic rings. The van der Waals surface area contributed by atoms with Crippen LogP contribution in [0.5, 0.6) is 0 Å². The smallest absolute Gasteiger partial charge is 0.273 e. The quantitative estimate of drug-likeness (QED) is 0.459. The number of carbonyl (C=O) groups excluding carboxylic acids is 2. The van der Waals surface area contributed by atoms with Gasteiger partial charge in [-0.15, -0.1) is 11.3 Å². The summed E-state index contributed by atoms with van der Waals surface area (Å²) >= 11 is 1.54. The number of thiophene rings is 1. The van der Waals surface area contributed by atoms with Crippen LogP contribution in [-0.2, 0) is 24.4 Å². The minimum atomic E-state index is -1.20. The van der Waals surface area contributed by atoms with Crippen molar-refractivity contribution in [3.05, 3.63) is 95.0 Å². The third kappa shape index (κ3) is 4.10. The van der Waals surface area contributed by atoms with Crippen molar-refractivity contribution in [1.29, 1.82) is 0 Å². The zero-order valence-corrected chi connectivity index (χ0v) is 19.3. The van der Waals surface area contributed by atoms with Crippen molar-refractivity contribution in [1.82, 2.24) is 25.0 Å². The lowest BCUT2D eigenvalue weighted by molar-refractivity contribution is -0.133. The van der Waals surface area contributed by atoms with E-state index in [-0.39, 0.29) is 37.3 Å². The van der Waals surface area contributed by atoms with Gasteiger partial charge in [-0.3, -0.25) is 19.3 Å². The zero-order valence-electron chi connectivity index (χ0n) is 18.4. The van der Waals surface area contributed by atoms with E-state index in [1.165, 1.54) is 12.1 Å². The van der Waals surface area contributed by atoms with Crippen LogP contribution in [0.25, 0.3) is 10.6 Å². The Morgan fingerprint density at radius 2 is 2.00 bits per heavy atom. The lowest BCUT2D eigenvalue weighted by atomic mass is 9.94. The fraction of sp³-hybridized carbons (Fsp3) is 0.200. The first kappa shape index (κ1) is 22.0. The number of pyridine rings is 1. The Morgan fingerprint density at radius 1 is 1.18 bits per heavy atom. The molecule has 4 heterocycles. The number of hydrogen-bond donors (Lipinski definition) is 1. The van der Waals surface area contributed by atoms with Gasteiger partial charge in [0.25, 0.3) is 5.91 Å². The van der Waals surface area contributed by atoms with Crippen molar-refractivity contribution in [2.75, 3.05) is 0 Å². The summed E-state index contributed by atoms with van der Waals surface area (Å²) in [4.78, 5) is 33.9. The molecule has 0 bridgehead atoms. The summed E-state index contributed by atoms with van der Waals surface area (Å²) in [6, 6.07) is 15.3. The SMILES string of the molecule is C[C@]1(C(=O)NCc2ccc(F)cc2)Cn2nc(-c3cccs3)cc2C(=O)N1Cc1cccnc1. The molecule has 0 saturated heterocycles. The molecule has 2 amide bonds. The van der Waals surface area contributed by atoms with E-state index in [1.54, 1.807) is 64.5 Å². The maximum atomic E-state index is 13.7. The van der Waals surface area contributed by atoms with E-state index in [2.05, 4.69) is 15.4 Å². The highest BCUT2D eigenvalue weighted by Gasteiger charge is 2.48. The Hall–Kier alpha value is -3.85. The number of nitrogens with one attached hydrogen (secondary N) is 1. The van der Waals surface area contributed by atoms with E-state index in [9.17, 15) is 14.0 Å². The van der Waals surface area contributed by atoms with Gasteiger partial charge in [0, 0.05) is 25.5 Å². The third-order valence-electron chi connectivity index (χ3n) is 5.99. The molecule has 0 unspecified atom stereocenters. The van der Waals surface area contributed by atoms with E-state index in [1.807, 2.05) is 23.6 Å². The Balaban J connectivity index is 1.47. The number of amides is 2. The molecule has 5 rings (SSSR count). The average Bonchev–Trinajstić information content (AvgIpc) is 3.52. The Bertz CT molecular complexity index is 1320. The van der Waals surface area contributed by atoms with Crippen LogP contribution < -0.4 is 5.32 Å². The molecule has 0 saturated carbocycles. The van der Waals surface area contributed by atoms with Crippen molar-refractivity contribution in [2.24, 2.45) is 0 Å². The topological polar surface area (TPSA) is 80.1 Å². The van der Waals surface area contributed by atoms with Gasteiger partial charge in [0.2, 0.25) is 5.91 Å². The van der Waals surface area contributed by atoms with Gasteiger partial charge in [0.1, 0.15) is 22.7 Å². The highest BCUT2D eigenvalue weighted by atomic mass is 32.1. The van der Waals surface area contributed by atoms with Crippen LogP contribution in [0.2, 0.25) is 0 Å². The molecule has 172 valence electrons. The molecule has 0 aliphatic carbocycles. The summed E-state index contributed by atoms with van der Waals surface area (Å²) in [7, 11) is 0. The molecule has 7 nitrogen and oxygen atoms in total. The van der Waals surface area contributed by atoms with Gasteiger partial charge >= 0.3 is 0 Å². The van der Waals surface area contributed by atoms with Crippen molar-refractivity contribution < 1.29 is 14.0 Å². The molecule has 0 fully saturated rings. The Labute approximate surface area is 199 Å². The second-order valence-corrected chi connectivity index (χ2v) is 9.33. The number of nitrogens with zero attached hydrogens (tertiary/aromatic N) is 4. The highest BCUT2D eigenvalue weighted by molar-refractivity contribution is 7.13. The van der Waals surface area contributed by atoms with Crippen LogP contribution in [-0.4, -0.2) is 37.0 Å². The summed E-state index contributed by atoms with van der Waals surface area (Å²) in [5.41, 5.74) is 1.53. The van der Waals surface area contributed by atoms with Crippen molar-refractivity contribution >= 4 is 23.2 Å². The molecular formula is C25H22FN5O2S. The highest BCUT2D eigenvalue weighted by Crippen LogP contribution is 2.32. The molecule has 0 spiro atoms. The molecule has 0 radical (unpaired) electrons. The number of fused-ring (bicyclic) bond motifs is 1. The summed E-state index contributed by atoms with van der Waals surface area (Å²) in [6.07, 6.45) is 3.35. The molecular weight excluding hydrogens is 453 g/mol. The van der Waals surface area contributed by atoms with Crippen LogP contribution in [0.15, 0.2) is 72.4 Å². The number of aromatic nitrogens is 3. The fourth-order valence-electron chi connectivity index (χ4n) is 4.08. The van der Waals surface area contributed by atoms with Crippen LogP contribution in [0.3, 0.4) is 0 Å². The lowest BCUT2D eigenvalue weighted by Gasteiger charge is -2.43. The first-order chi connectivity index (χ1) is 16.4. The second-order valence-electron chi connectivity index (χ2n) is 8.39. The summed E-state index contributed by atoms with van der Waals surface area (Å²) < 4.78 is 14.9. The number of hydrogen-bond acceptors (Lipinski definition) is 5. The van der Waals surface area contributed by atoms with Crippen molar-refractivity contribution in [3.63, 3.8) is 0 Å². The zero-order chi connectivity index (χ0) is 23.7. The van der Waals surface area contributed by atoms with Gasteiger partial charge < -0.3 is 10.2 Å².